The fraction of sp³-hybridized carbons (Fsp3) is 0.500. The van der Waals surface area contributed by atoms with Gasteiger partial charge >= 0.3 is 0 Å². The number of carbonyl (C=O) groups is 1. The Morgan fingerprint density at radius 2 is 1.64 bits per heavy atom. The van der Waals surface area contributed by atoms with E-state index in [2.05, 4.69) is 57.2 Å². The Kier molecular flexibility index (Phi) is 9.99. The SMILES string of the molecule is C.CC.CCC1CCCC1C(=O)N(Cc1ccc(C)cc1)c1ccccc1C. The largest absolute Gasteiger partial charge is 0.307 e. The number of anilines is 1. The van der Waals surface area contributed by atoms with E-state index in [1.54, 1.807) is 0 Å². The van der Waals surface area contributed by atoms with Gasteiger partial charge in [0.15, 0.2) is 0 Å². The van der Waals surface area contributed by atoms with Gasteiger partial charge in [-0.3, -0.25) is 4.79 Å². The van der Waals surface area contributed by atoms with Crippen molar-refractivity contribution in [2.45, 2.75) is 74.3 Å². The summed E-state index contributed by atoms with van der Waals surface area (Å²) >= 11 is 0. The summed E-state index contributed by atoms with van der Waals surface area (Å²) in [6.07, 6.45) is 4.51. The lowest BCUT2D eigenvalue weighted by atomic mass is 9.91. The number of hydrogen-bond acceptors (Lipinski definition) is 1. The van der Waals surface area contributed by atoms with E-state index in [0.717, 1.165) is 24.1 Å². The lowest BCUT2D eigenvalue weighted by molar-refractivity contribution is -0.123. The lowest BCUT2D eigenvalue weighted by Gasteiger charge is -2.29. The molecule has 0 spiro atoms. The van der Waals surface area contributed by atoms with Gasteiger partial charge in [-0.05, 0) is 49.8 Å². The molecule has 0 saturated heterocycles. The standard InChI is InChI=1S/C23H29NO.C2H6.CH4/c1-4-20-9-7-10-21(20)23(25)24(22-11-6-5-8-18(22)3)16-19-14-12-17(2)13-15-19;1-2;/h5-6,8,11-15,20-21H,4,7,9-10,16H2,1-3H3;1-2H3;1H4. The molecule has 2 aromatic rings. The summed E-state index contributed by atoms with van der Waals surface area (Å²) in [6.45, 7) is 11.1. The maximum absolute atomic E-state index is 13.5. The van der Waals surface area contributed by atoms with Crippen LogP contribution < -0.4 is 4.90 Å². The van der Waals surface area contributed by atoms with Gasteiger partial charge in [0.2, 0.25) is 5.91 Å². The van der Waals surface area contributed by atoms with E-state index in [0.29, 0.717) is 18.4 Å². The van der Waals surface area contributed by atoms with Crippen LogP contribution in [0.1, 0.15) is 70.6 Å². The van der Waals surface area contributed by atoms with Gasteiger partial charge in [-0.1, -0.05) is 89.1 Å². The van der Waals surface area contributed by atoms with Crippen molar-refractivity contribution in [1.82, 2.24) is 0 Å². The van der Waals surface area contributed by atoms with Crippen molar-refractivity contribution in [3.05, 3.63) is 65.2 Å². The van der Waals surface area contributed by atoms with E-state index < -0.39 is 0 Å². The van der Waals surface area contributed by atoms with Crippen LogP contribution in [0.15, 0.2) is 48.5 Å². The highest BCUT2D eigenvalue weighted by molar-refractivity contribution is 5.96. The Morgan fingerprint density at radius 3 is 2.25 bits per heavy atom. The fourth-order valence-corrected chi connectivity index (χ4v) is 4.07. The molecule has 1 amide bonds. The number of hydrogen-bond donors (Lipinski definition) is 0. The summed E-state index contributed by atoms with van der Waals surface area (Å²) < 4.78 is 0. The quantitative estimate of drug-likeness (QED) is 0.531. The molecule has 0 radical (unpaired) electrons. The van der Waals surface area contributed by atoms with Crippen LogP contribution in [0.5, 0.6) is 0 Å². The van der Waals surface area contributed by atoms with Gasteiger partial charge in [0.05, 0.1) is 6.54 Å². The molecule has 1 fully saturated rings. The average molecular weight is 382 g/mol. The first-order chi connectivity index (χ1) is 13.1. The van der Waals surface area contributed by atoms with Crippen LogP contribution in [0, 0.1) is 25.7 Å². The lowest BCUT2D eigenvalue weighted by Crippen LogP contribution is -2.37. The van der Waals surface area contributed by atoms with Gasteiger partial charge in [-0.25, -0.2) is 0 Å². The molecule has 1 aliphatic rings. The van der Waals surface area contributed by atoms with Crippen molar-refractivity contribution in [2.75, 3.05) is 4.90 Å². The molecule has 0 N–H and O–H groups in total. The highest BCUT2D eigenvalue weighted by atomic mass is 16.2. The first-order valence-corrected chi connectivity index (χ1v) is 10.5. The number of carbonyl (C=O) groups excluding carboxylic acids is 1. The molecule has 28 heavy (non-hydrogen) atoms. The van der Waals surface area contributed by atoms with E-state index in [9.17, 15) is 4.79 Å². The predicted molar refractivity (Wildman–Crippen MR) is 123 cm³/mol. The smallest absolute Gasteiger partial charge is 0.230 e. The van der Waals surface area contributed by atoms with Crippen LogP contribution in [-0.4, -0.2) is 5.91 Å². The summed E-state index contributed by atoms with van der Waals surface area (Å²) in [5, 5.41) is 0. The average Bonchev–Trinajstić information content (AvgIpc) is 3.18. The summed E-state index contributed by atoms with van der Waals surface area (Å²) in [4.78, 5) is 15.5. The van der Waals surface area contributed by atoms with Crippen LogP contribution in [0.25, 0.3) is 0 Å². The molecule has 154 valence electrons. The second-order valence-corrected chi connectivity index (χ2v) is 7.40. The molecule has 0 heterocycles. The fourth-order valence-electron chi connectivity index (χ4n) is 4.07. The first-order valence-electron chi connectivity index (χ1n) is 10.5. The molecule has 0 aliphatic heterocycles. The van der Waals surface area contributed by atoms with Crippen LogP contribution in [0.3, 0.4) is 0 Å². The third-order valence-corrected chi connectivity index (χ3v) is 5.63. The summed E-state index contributed by atoms with van der Waals surface area (Å²) in [5.41, 5.74) is 4.65. The summed E-state index contributed by atoms with van der Waals surface area (Å²) in [6, 6.07) is 16.8. The number of benzene rings is 2. The highest BCUT2D eigenvalue weighted by Gasteiger charge is 2.35. The minimum Gasteiger partial charge on any atom is -0.307 e. The topological polar surface area (TPSA) is 20.3 Å². The molecule has 2 nitrogen and oxygen atoms in total. The molecule has 2 atom stereocenters. The van der Waals surface area contributed by atoms with Crippen molar-refractivity contribution < 1.29 is 4.79 Å². The van der Waals surface area contributed by atoms with E-state index in [1.807, 2.05) is 30.9 Å². The Labute approximate surface area is 173 Å². The van der Waals surface area contributed by atoms with Crippen molar-refractivity contribution in [3.63, 3.8) is 0 Å². The van der Waals surface area contributed by atoms with Crippen LogP contribution in [0.4, 0.5) is 5.69 Å². The third kappa shape index (κ3) is 5.70. The molecule has 2 unspecified atom stereocenters. The van der Waals surface area contributed by atoms with Gasteiger partial charge in [0, 0.05) is 11.6 Å². The molecule has 0 aromatic heterocycles. The minimum atomic E-state index is 0. The Balaban J connectivity index is 0.00000127. The zero-order valence-electron chi connectivity index (χ0n) is 17.7. The Hall–Kier alpha value is -2.09. The van der Waals surface area contributed by atoms with Crippen molar-refractivity contribution in [3.8, 4) is 0 Å². The van der Waals surface area contributed by atoms with Gasteiger partial charge in [-0.2, -0.15) is 0 Å². The second-order valence-electron chi connectivity index (χ2n) is 7.40. The van der Waals surface area contributed by atoms with Crippen molar-refractivity contribution in [2.24, 2.45) is 11.8 Å². The van der Waals surface area contributed by atoms with Crippen molar-refractivity contribution >= 4 is 11.6 Å². The third-order valence-electron chi connectivity index (χ3n) is 5.63. The molecular weight excluding hydrogens is 342 g/mol. The Bertz CT molecular complexity index is 719. The van der Waals surface area contributed by atoms with Gasteiger partial charge in [0.1, 0.15) is 0 Å². The molecule has 1 aliphatic carbocycles. The van der Waals surface area contributed by atoms with Crippen LogP contribution >= 0.6 is 0 Å². The maximum Gasteiger partial charge on any atom is 0.230 e. The van der Waals surface area contributed by atoms with E-state index in [4.69, 9.17) is 0 Å². The zero-order chi connectivity index (χ0) is 19.8. The zero-order valence-corrected chi connectivity index (χ0v) is 17.7. The second kappa shape index (κ2) is 11.7. The monoisotopic (exact) mass is 381 g/mol. The van der Waals surface area contributed by atoms with Crippen LogP contribution in [0.2, 0.25) is 0 Å². The number of amides is 1. The normalized spacial score (nSPS) is 17.9. The first kappa shape index (κ1) is 23.9. The van der Waals surface area contributed by atoms with E-state index in [1.165, 1.54) is 24.0 Å². The Morgan fingerprint density at radius 1 is 1.00 bits per heavy atom. The number of aryl methyl sites for hydroxylation is 2. The molecule has 3 rings (SSSR count). The van der Waals surface area contributed by atoms with E-state index >= 15 is 0 Å². The number of para-hydroxylation sites is 1. The predicted octanol–water partition coefficient (Wildman–Crippen LogP) is 7.33. The molecule has 1 saturated carbocycles. The van der Waals surface area contributed by atoms with Gasteiger partial charge in [-0.15, -0.1) is 0 Å². The molecule has 2 heteroatoms. The summed E-state index contributed by atoms with van der Waals surface area (Å²) in [7, 11) is 0. The number of nitrogens with zero attached hydrogens (tertiary/aromatic N) is 1. The van der Waals surface area contributed by atoms with Gasteiger partial charge in [0.25, 0.3) is 0 Å². The molecule has 0 bridgehead atoms. The molecular formula is C26H39NO. The molecule has 2 aromatic carbocycles. The van der Waals surface area contributed by atoms with Gasteiger partial charge < -0.3 is 4.90 Å². The van der Waals surface area contributed by atoms with Crippen molar-refractivity contribution in [1.29, 1.82) is 0 Å². The summed E-state index contributed by atoms with van der Waals surface area (Å²) in [5.74, 6) is 1.02. The van der Waals surface area contributed by atoms with Crippen LogP contribution in [-0.2, 0) is 11.3 Å². The highest BCUT2D eigenvalue weighted by Crippen LogP contribution is 2.37. The number of rotatable bonds is 5. The minimum absolute atomic E-state index is 0. The maximum atomic E-state index is 13.5. The van der Waals surface area contributed by atoms with E-state index in [-0.39, 0.29) is 13.3 Å².